The Morgan fingerprint density at radius 1 is 1.71 bits per heavy atom. The maximum atomic E-state index is 9.37. The number of halogens is 1. The third-order valence-corrected chi connectivity index (χ3v) is 0.302. The van der Waals surface area contributed by atoms with Crippen molar-refractivity contribution in [1.82, 2.24) is 6.15 Å². The summed E-state index contributed by atoms with van der Waals surface area (Å²) in [4.78, 5) is 9.37. The smallest absolute Gasteiger partial charge is 0.303 e. The molecule has 0 bridgehead atoms. The van der Waals surface area contributed by atoms with E-state index in [2.05, 4.69) is 0 Å². The third kappa shape index (κ3) is 26.8. The molecule has 0 unspecified atom stereocenters. The summed E-state index contributed by atoms with van der Waals surface area (Å²) in [5.41, 5.74) is 0. The molecule has 0 aliphatic carbocycles. The van der Waals surface area contributed by atoms with Crippen molar-refractivity contribution in [2.75, 3.05) is 0 Å². The van der Waals surface area contributed by atoms with E-state index in [1.807, 2.05) is 0 Å². The van der Waals surface area contributed by atoms with Gasteiger partial charge in [-0.25, -0.2) is 0 Å². The lowest BCUT2D eigenvalue weighted by Gasteiger charge is -1.71. The SMILES string of the molecule is CCC(=O)O.Cl.N. The minimum Gasteiger partial charge on any atom is -0.481 e. The van der Waals surface area contributed by atoms with Gasteiger partial charge in [0.1, 0.15) is 0 Å². The summed E-state index contributed by atoms with van der Waals surface area (Å²) < 4.78 is 0. The molecule has 0 aromatic carbocycles. The van der Waals surface area contributed by atoms with Crippen LogP contribution in [0.2, 0.25) is 0 Å². The lowest BCUT2D eigenvalue weighted by molar-refractivity contribution is -0.136. The normalized spacial score (nSPS) is 5.29. The number of hydrogen-bond acceptors (Lipinski definition) is 2. The number of rotatable bonds is 1. The standard InChI is InChI=1S/C3H6O2.ClH.H3N/c1-2-3(4)5;;/h2H2,1H3,(H,4,5);1H;1H3. The van der Waals surface area contributed by atoms with E-state index in [-0.39, 0.29) is 25.0 Å². The van der Waals surface area contributed by atoms with E-state index in [1.54, 1.807) is 6.92 Å². The van der Waals surface area contributed by atoms with E-state index in [4.69, 9.17) is 5.11 Å². The van der Waals surface area contributed by atoms with Gasteiger partial charge in [-0.3, -0.25) is 4.79 Å². The molecule has 0 aromatic rings. The first-order valence-electron chi connectivity index (χ1n) is 1.49. The zero-order valence-corrected chi connectivity index (χ0v) is 4.99. The largest absolute Gasteiger partial charge is 0.481 e. The summed E-state index contributed by atoms with van der Waals surface area (Å²) in [6.07, 6.45) is 0.222. The summed E-state index contributed by atoms with van der Waals surface area (Å²) in [6.45, 7) is 1.60. The molecule has 0 atom stereocenters. The average molecular weight is 128 g/mol. The van der Waals surface area contributed by atoms with E-state index in [0.717, 1.165) is 0 Å². The minimum atomic E-state index is -0.745. The highest BCUT2D eigenvalue weighted by Gasteiger charge is 1.80. The average Bonchev–Trinajstić information content (AvgIpc) is 1.38. The fraction of sp³-hybridized carbons (Fsp3) is 0.667. The Morgan fingerprint density at radius 2 is 1.86 bits per heavy atom. The number of carboxylic acids is 1. The quantitative estimate of drug-likeness (QED) is 0.553. The molecule has 0 amide bonds. The number of carboxylic acid groups (broad SMARTS) is 1. The maximum absolute atomic E-state index is 9.37. The molecule has 7 heavy (non-hydrogen) atoms. The Hall–Kier alpha value is -0.280. The molecular weight excluding hydrogens is 117 g/mol. The van der Waals surface area contributed by atoms with Gasteiger partial charge in [0.25, 0.3) is 0 Å². The highest BCUT2D eigenvalue weighted by atomic mass is 35.5. The summed E-state index contributed by atoms with van der Waals surface area (Å²) in [5, 5.41) is 7.72. The Labute approximate surface area is 48.7 Å². The minimum absolute atomic E-state index is 0. The Morgan fingerprint density at radius 3 is 1.86 bits per heavy atom. The van der Waals surface area contributed by atoms with Crippen LogP contribution in [-0.2, 0) is 4.79 Å². The molecule has 0 aromatic heterocycles. The molecule has 0 fully saturated rings. The molecule has 0 saturated heterocycles. The predicted molar refractivity (Wildman–Crippen MR) is 30.2 cm³/mol. The maximum Gasteiger partial charge on any atom is 0.303 e. The predicted octanol–water partition coefficient (Wildman–Crippen LogP) is 1.06. The van der Waals surface area contributed by atoms with Crippen LogP contribution in [0.3, 0.4) is 0 Å². The topological polar surface area (TPSA) is 72.3 Å². The van der Waals surface area contributed by atoms with Crippen molar-refractivity contribution >= 4 is 18.4 Å². The molecule has 0 spiro atoms. The van der Waals surface area contributed by atoms with Gasteiger partial charge in [0.15, 0.2) is 0 Å². The van der Waals surface area contributed by atoms with E-state index in [1.165, 1.54) is 0 Å². The summed E-state index contributed by atoms with van der Waals surface area (Å²) in [7, 11) is 0. The summed E-state index contributed by atoms with van der Waals surface area (Å²) in [6, 6.07) is 0. The van der Waals surface area contributed by atoms with Crippen molar-refractivity contribution in [3.05, 3.63) is 0 Å². The molecule has 0 rings (SSSR count). The zero-order chi connectivity index (χ0) is 4.28. The number of aliphatic carboxylic acids is 1. The molecular formula is C3H10ClNO2. The van der Waals surface area contributed by atoms with Gasteiger partial charge in [0.2, 0.25) is 0 Å². The Kier molecular flexibility index (Phi) is 20.9. The molecule has 4 N–H and O–H groups in total. The van der Waals surface area contributed by atoms with Crippen molar-refractivity contribution in [2.45, 2.75) is 13.3 Å². The number of hydrogen-bond donors (Lipinski definition) is 2. The second kappa shape index (κ2) is 9.21. The van der Waals surface area contributed by atoms with Crippen molar-refractivity contribution in [3.8, 4) is 0 Å². The Balaban J connectivity index is -0.0000000800. The summed E-state index contributed by atoms with van der Waals surface area (Å²) >= 11 is 0. The van der Waals surface area contributed by atoms with E-state index in [9.17, 15) is 4.79 Å². The second-order valence-corrected chi connectivity index (χ2v) is 0.747. The van der Waals surface area contributed by atoms with Crippen LogP contribution in [0.1, 0.15) is 13.3 Å². The van der Waals surface area contributed by atoms with Gasteiger partial charge in [-0.05, 0) is 0 Å². The molecule has 0 aliphatic heterocycles. The van der Waals surface area contributed by atoms with Crippen molar-refractivity contribution < 1.29 is 9.90 Å². The van der Waals surface area contributed by atoms with E-state index >= 15 is 0 Å². The van der Waals surface area contributed by atoms with Crippen molar-refractivity contribution in [1.29, 1.82) is 0 Å². The van der Waals surface area contributed by atoms with Crippen molar-refractivity contribution in [3.63, 3.8) is 0 Å². The van der Waals surface area contributed by atoms with Crippen LogP contribution in [0.25, 0.3) is 0 Å². The van der Waals surface area contributed by atoms with Crippen LogP contribution in [0.4, 0.5) is 0 Å². The molecule has 46 valence electrons. The lowest BCUT2D eigenvalue weighted by atomic mass is 10.5. The van der Waals surface area contributed by atoms with Crippen LogP contribution in [0.5, 0.6) is 0 Å². The first kappa shape index (κ1) is 15.9. The van der Waals surface area contributed by atoms with Crippen LogP contribution in [0, 0.1) is 0 Å². The fourth-order valence-corrected chi connectivity index (χ4v) is 0. The van der Waals surface area contributed by atoms with E-state index in [0.29, 0.717) is 0 Å². The monoisotopic (exact) mass is 127 g/mol. The van der Waals surface area contributed by atoms with Crippen LogP contribution >= 0.6 is 12.4 Å². The molecule has 4 heteroatoms. The van der Waals surface area contributed by atoms with Crippen molar-refractivity contribution in [2.24, 2.45) is 0 Å². The van der Waals surface area contributed by atoms with E-state index < -0.39 is 5.97 Å². The fourth-order valence-electron chi connectivity index (χ4n) is 0. The first-order valence-corrected chi connectivity index (χ1v) is 1.49. The van der Waals surface area contributed by atoms with Gasteiger partial charge in [-0.2, -0.15) is 0 Å². The first-order chi connectivity index (χ1) is 2.27. The molecule has 0 heterocycles. The molecule has 0 radical (unpaired) electrons. The van der Waals surface area contributed by atoms with Gasteiger partial charge in [0.05, 0.1) is 0 Å². The molecule has 0 saturated carbocycles. The van der Waals surface area contributed by atoms with Gasteiger partial charge < -0.3 is 11.3 Å². The van der Waals surface area contributed by atoms with Gasteiger partial charge in [-0.15, -0.1) is 12.4 Å². The third-order valence-electron chi connectivity index (χ3n) is 0.302. The van der Waals surface area contributed by atoms with Crippen LogP contribution in [-0.4, -0.2) is 11.1 Å². The van der Waals surface area contributed by atoms with Gasteiger partial charge >= 0.3 is 5.97 Å². The van der Waals surface area contributed by atoms with Crippen LogP contribution in [0.15, 0.2) is 0 Å². The Bertz CT molecular complexity index is 48.2. The lowest BCUT2D eigenvalue weighted by Crippen LogP contribution is -1.86. The zero-order valence-electron chi connectivity index (χ0n) is 4.18. The van der Waals surface area contributed by atoms with Crippen LogP contribution < -0.4 is 6.15 Å². The number of carbonyl (C=O) groups is 1. The van der Waals surface area contributed by atoms with Gasteiger partial charge in [0, 0.05) is 6.42 Å². The second-order valence-electron chi connectivity index (χ2n) is 0.747. The van der Waals surface area contributed by atoms with Gasteiger partial charge in [-0.1, -0.05) is 6.92 Å². The highest BCUT2D eigenvalue weighted by molar-refractivity contribution is 5.85. The highest BCUT2D eigenvalue weighted by Crippen LogP contribution is 1.67. The summed E-state index contributed by atoms with van der Waals surface area (Å²) in [5.74, 6) is -0.745. The molecule has 0 aliphatic rings. The molecule has 3 nitrogen and oxygen atoms in total.